The van der Waals surface area contributed by atoms with Crippen LogP contribution in [-0.4, -0.2) is 18.2 Å². The standard InChI is InChI=1S/C16H21F3N2O/c1-11(12-6-3-2-4-7-12)20-15(22)21-14-9-5-8-13(10-14)16(17,18)19/h2-4,6-7,11,13-14H,5,8-10H2,1H3,(H2,20,21,22)/t11-,13-,14+/m0/s1. The van der Waals surface area contributed by atoms with Crippen molar-refractivity contribution in [2.24, 2.45) is 5.92 Å². The highest BCUT2D eigenvalue weighted by Gasteiger charge is 2.42. The molecule has 0 spiro atoms. The average molecular weight is 314 g/mol. The summed E-state index contributed by atoms with van der Waals surface area (Å²) in [7, 11) is 0. The van der Waals surface area contributed by atoms with E-state index in [0.717, 1.165) is 5.56 Å². The predicted octanol–water partition coefficient (Wildman–Crippen LogP) is 4.17. The molecule has 0 aliphatic heterocycles. The van der Waals surface area contributed by atoms with Crippen molar-refractivity contribution < 1.29 is 18.0 Å². The third-order valence-corrected chi connectivity index (χ3v) is 4.12. The molecule has 3 atom stereocenters. The van der Waals surface area contributed by atoms with Gasteiger partial charge in [-0.3, -0.25) is 0 Å². The van der Waals surface area contributed by atoms with Crippen LogP contribution in [-0.2, 0) is 0 Å². The second-order valence-electron chi connectivity index (χ2n) is 5.85. The Morgan fingerprint density at radius 3 is 2.55 bits per heavy atom. The zero-order chi connectivity index (χ0) is 16.2. The lowest BCUT2D eigenvalue weighted by molar-refractivity contribution is -0.183. The third-order valence-electron chi connectivity index (χ3n) is 4.12. The molecule has 22 heavy (non-hydrogen) atoms. The van der Waals surface area contributed by atoms with Gasteiger partial charge in [-0.1, -0.05) is 36.8 Å². The zero-order valence-corrected chi connectivity index (χ0v) is 12.5. The van der Waals surface area contributed by atoms with Crippen LogP contribution in [0.2, 0.25) is 0 Å². The van der Waals surface area contributed by atoms with E-state index in [9.17, 15) is 18.0 Å². The molecular formula is C16H21F3N2O. The molecular weight excluding hydrogens is 293 g/mol. The maximum absolute atomic E-state index is 12.8. The molecule has 1 aliphatic carbocycles. The van der Waals surface area contributed by atoms with E-state index >= 15 is 0 Å². The minimum absolute atomic E-state index is 0.0311. The molecule has 0 bridgehead atoms. The van der Waals surface area contributed by atoms with Crippen molar-refractivity contribution in [1.82, 2.24) is 10.6 Å². The van der Waals surface area contributed by atoms with Gasteiger partial charge in [0.05, 0.1) is 12.0 Å². The molecule has 2 rings (SSSR count). The molecule has 0 unspecified atom stereocenters. The number of halogens is 3. The number of benzene rings is 1. The summed E-state index contributed by atoms with van der Waals surface area (Å²) in [6.07, 6.45) is -2.96. The van der Waals surface area contributed by atoms with Crippen molar-refractivity contribution in [1.29, 1.82) is 0 Å². The predicted molar refractivity (Wildman–Crippen MR) is 78.3 cm³/mol. The number of urea groups is 1. The number of rotatable bonds is 3. The van der Waals surface area contributed by atoms with E-state index < -0.39 is 24.2 Å². The van der Waals surface area contributed by atoms with Gasteiger partial charge in [0, 0.05) is 6.04 Å². The smallest absolute Gasteiger partial charge is 0.335 e. The number of hydrogen-bond acceptors (Lipinski definition) is 1. The maximum atomic E-state index is 12.8. The highest BCUT2D eigenvalue weighted by atomic mass is 19.4. The summed E-state index contributed by atoms with van der Waals surface area (Å²) >= 11 is 0. The van der Waals surface area contributed by atoms with Crippen molar-refractivity contribution in [2.75, 3.05) is 0 Å². The van der Waals surface area contributed by atoms with Crippen LogP contribution in [0.3, 0.4) is 0 Å². The Morgan fingerprint density at radius 2 is 1.91 bits per heavy atom. The average Bonchev–Trinajstić information content (AvgIpc) is 2.47. The zero-order valence-electron chi connectivity index (χ0n) is 12.5. The first-order valence-corrected chi connectivity index (χ1v) is 7.55. The molecule has 1 saturated carbocycles. The lowest BCUT2D eigenvalue weighted by atomic mass is 9.85. The molecule has 1 aromatic carbocycles. The highest BCUT2D eigenvalue weighted by Crippen LogP contribution is 2.37. The monoisotopic (exact) mass is 314 g/mol. The summed E-state index contributed by atoms with van der Waals surface area (Å²) < 4.78 is 38.3. The van der Waals surface area contributed by atoms with Crippen LogP contribution in [0.5, 0.6) is 0 Å². The summed E-state index contributed by atoms with van der Waals surface area (Å²) in [5, 5.41) is 5.44. The molecule has 0 aromatic heterocycles. The minimum Gasteiger partial charge on any atom is -0.335 e. The van der Waals surface area contributed by atoms with Crippen LogP contribution in [0.4, 0.5) is 18.0 Å². The lowest BCUT2D eigenvalue weighted by Gasteiger charge is -2.31. The maximum Gasteiger partial charge on any atom is 0.391 e. The van der Waals surface area contributed by atoms with Gasteiger partial charge in [0.1, 0.15) is 0 Å². The quantitative estimate of drug-likeness (QED) is 0.864. The van der Waals surface area contributed by atoms with Gasteiger partial charge < -0.3 is 10.6 Å². The van der Waals surface area contributed by atoms with E-state index in [1.807, 2.05) is 37.3 Å². The van der Waals surface area contributed by atoms with Crippen molar-refractivity contribution >= 4 is 6.03 Å². The van der Waals surface area contributed by atoms with Gasteiger partial charge in [0.25, 0.3) is 0 Å². The van der Waals surface area contributed by atoms with Gasteiger partial charge in [0.15, 0.2) is 0 Å². The van der Waals surface area contributed by atoms with Gasteiger partial charge in [-0.15, -0.1) is 0 Å². The highest BCUT2D eigenvalue weighted by molar-refractivity contribution is 5.74. The Labute approximate surface area is 128 Å². The van der Waals surface area contributed by atoms with Crippen LogP contribution >= 0.6 is 0 Å². The van der Waals surface area contributed by atoms with E-state index in [4.69, 9.17) is 0 Å². The molecule has 0 radical (unpaired) electrons. The van der Waals surface area contributed by atoms with Crippen LogP contribution in [0, 0.1) is 5.92 Å². The second kappa shape index (κ2) is 7.03. The number of carbonyl (C=O) groups is 1. The topological polar surface area (TPSA) is 41.1 Å². The molecule has 1 fully saturated rings. The van der Waals surface area contributed by atoms with Gasteiger partial charge >= 0.3 is 12.2 Å². The molecule has 0 heterocycles. The van der Waals surface area contributed by atoms with Crippen molar-refractivity contribution in [3.8, 4) is 0 Å². The molecule has 1 aliphatic rings. The first kappa shape index (κ1) is 16.6. The fourth-order valence-corrected chi connectivity index (χ4v) is 2.87. The van der Waals surface area contributed by atoms with Crippen LogP contribution in [0.25, 0.3) is 0 Å². The summed E-state index contributed by atoms with van der Waals surface area (Å²) in [6, 6.07) is 8.41. The number of nitrogens with one attached hydrogen (secondary N) is 2. The fourth-order valence-electron chi connectivity index (χ4n) is 2.87. The molecule has 122 valence electrons. The lowest BCUT2D eigenvalue weighted by Crippen LogP contribution is -2.46. The fraction of sp³-hybridized carbons (Fsp3) is 0.562. The normalized spacial score (nSPS) is 23.6. The van der Waals surface area contributed by atoms with Crippen molar-refractivity contribution in [2.45, 2.75) is 50.9 Å². The van der Waals surface area contributed by atoms with Crippen molar-refractivity contribution in [3.05, 3.63) is 35.9 Å². The van der Waals surface area contributed by atoms with E-state index in [-0.39, 0.29) is 18.9 Å². The van der Waals surface area contributed by atoms with Gasteiger partial charge in [-0.25, -0.2) is 4.79 Å². The minimum atomic E-state index is -4.17. The largest absolute Gasteiger partial charge is 0.391 e. The van der Waals surface area contributed by atoms with E-state index in [1.165, 1.54) is 0 Å². The summed E-state index contributed by atoms with van der Waals surface area (Å²) in [5.41, 5.74) is 0.953. The molecule has 1 aromatic rings. The summed E-state index contributed by atoms with van der Waals surface area (Å²) in [6.45, 7) is 1.84. The van der Waals surface area contributed by atoms with Crippen molar-refractivity contribution in [3.63, 3.8) is 0 Å². The number of amides is 2. The Morgan fingerprint density at radius 1 is 1.23 bits per heavy atom. The molecule has 6 heteroatoms. The molecule has 0 saturated heterocycles. The summed E-state index contributed by atoms with van der Waals surface area (Å²) in [5.74, 6) is -1.31. The van der Waals surface area contributed by atoms with E-state index in [2.05, 4.69) is 10.6 Å². The van der Waals surface area contributed by atoms with Crippen LogP contribution in [0.1, 0.15) is 44.2 Å². The first-order chi connectivity index (χ1) is 10.4. The Kier molecular flexibility index (Phi) is 5.32. The molecule has 2 N–H and O–H groups in total. The number of hydrogen-bond donors (Lipinski definition) is 2. The van der Waals surface area contributed by atoms with E-state index in [0.29, 0.717) is 12.8 Å². The first-order valence-electron chi connectivity index (χ1n) is 7.55. The van der Waals surface area contributed by atoms with Gasteiger partial charge in [0.2, 0.25) is 0 Å². The van der Waals surface area contributed by atoms with Crippen LogP contribution < -0.4 is 10.6 Å². The Bertz CT molecular complexity index is 490. The summed E-state index contributed by atoms with van der Waals surface area (Å²) in [4.78, 5) is 11.9. The number of alkyl halides is 3. The number of carbonyl (C=O) groups excluding carboxylic acids is 1. The van der Waals surface area contributed by atoms with Crippen LogP contribution in [0.15, 0.2) is 30.3 Å². The van der Waals surface area contributed by atoms with E-state index in [1.54, 1.807) is 0 Å². The van der Waals surface area contributed by atoms with Gasteiger partial charge in [-0.05, 0) is 31.7 Å². The Hall–Kier alpha value is -1.72. The molecule has 2 amide bonds. The molecule has 3 nitrogen and oxygen atoms in total. The third kappa shape index (κ3) is 4.64. The second-order valence-corrected chi connectivity index (χ2v) is 5.85. The van der Waals surface area contributed by atoms with Gasteiger partial charge in [-0.2, -0.15) is 13.2 Å². The SMILES string of the molecule is C[C@H](NC(=O)N[C@@H]1CCC[C@H](C(F)(F)F)C1)c1ccccc1. The Balaban J connectivity index is 1.84.